The number of halogens is 1. The summed E-state index contributed by atoms with van der Waals surface area (Å²) in [5.74, 6) is 0.415. The summed E-state index contributed by atoms with van der Waals surface area (Å²) in [6, 6.07) is 13.7. The van der Waals surface area contributed by atoms with E-state index in [2.05, 4.69) is 16.3 Å². The van der Waals surface area contributed by atoms with Gasteiger partial charge in [0.15, 0.2) is 0 Å². The van der Waals surface area contributed by atoms with Gasteiger partial charge in [0.05, 0.1) is 5.41 Å². The van der Waals surface area contributed by atoms with Crippen LogP contribution in [0.25, 0.3) is 11.1 Å². The van der Waals surface area contributed by atoms with Crippen LogP contribution in [0.3, 0.4) is 0 Å². The molecular weight excluding hydrogens is 360 g/mol. The first kappa shape index (κ1) is 19.9. The van der Waals surface area contributed by atoms with Crippen LogP contribution in [0.2, 0.25) is 5.02 Å². The molecule has 27 heavy (non-hydrogen) atoms. The fourth-order valence-corrected chi connectivity index (χ4v) is 3.20. The van der Waals surface area contributed by atoms with Crippen LogP contribution >= 0.6 is 11.6 Å². The van der Waals surface area contributed by atoms with Crippen LogP contribution in [-0.2, 0) is 11.3 Å². The van der Waals surface area contributed by atoms with Crippen LogP contribution in [0.4, 0.5) is 0 Å². The van der Waals surface area contributed by atoms with Crippen molar-refractivity contribution in [1.29, 1.82) is 0 Å². The molecule has 1 aliphatic rings. The van der Waals surface area contributed by atoms with Crippen molar-refractivity contribution in [2.75, 3.05) is 26.2 Å². The van der Waals surface area contributed by atoms with Crippen molar-refractivity contribution in [1.82, 2.24) is 10.2 Å². The number of ether oxygens (including phenoxy) is 1. The second-order valence-corrected chi connectivity index (χ2v) is 8.39. The van der Waals surface area contributed by atoms with Crippen LogP contribution in [0.5, 0.6) is 5.75 Å². The quantitative estimate of drug-likeness (QED) is 0.626. The standard InChI is InChI=1S/C22H27ClN2O2/c1-22(2,3)21(26)27-20-6-4-5-18(16-7-9-17(23)10-8-16)19(20)15-25-13-11-24-12-14-25/h4-10,24H,11-15H2,1-3H3. The van der Waals surface area contributed by atoms with Crippen LogP contribution < -0.4 is 10.1 Å². The summed E-state index contributed by atoms with van der Waals surface area (Å²) < 4.78 is 5.83. The summed E-state index contributed by atoms with van der Waals surface area (Å²) in [6.45, 7) is 10.2. The van der Waals surface area contributed by atoms with E-state index in [1.54, 1.807) is 0 Å². The molecule has 0 atom stereocenters. The van der Waals surface area contributed by atoms with E-state index in [4.69, 9.17) is 16.3 Å². The summed E-state index contributed by atoms with van der Waals surface area (Å²) in [5, 5.41) is 4.08. The minimum absolute atomic E-state index is 0.225. The van der Waals surface area contributed by atoms with Crippen molar-refractivity contribution in [2.24, 2.45) is 5.41 Å². The van der Waals surface area contributed by atoms with Gasteiger partial charge in [-0.3, -0.25) is 9.69 Å². The zero-order valence-corrected chi connectivity index (χ0v) is 17.0. The number of hydrogen-bond acceptors (Lipinski definition) is 4. The highest BCUT2D eigenvalue weighted by molar-refractivity contribution is 6.30. The number of benzene rings is 2. The number of hydrogen-bond donors (Lipinski definition) is 1. The van der Waals surface area contributed by atoms with Gasteiger partial charge in [0, 0.05) is 43.3 Å². The zero-order chi connectivity index (χ0) is 19.4. The van der Waals surface area contributed by atoms with Gasteiger partial charge in [-0.05, 0) is 50.1 Å². The predicted octanol–water partition coefficient (Wildman–Crippen LogP) is 4.36. The van der Waals surface area contributed by atoms with Gasteiger partial charge in [-0.25, -0.2) is 0 Å². The van der Waals surface area contributed by atoms with Gasteiger partial charge >= 0.3 is 5.97 Å². The maximum Gasteiger partial charge on any atom is 0.316 e. The van der Waals surface area contributed by atoms with E-state index >= 15 is 0 Å². The largest absolute Gasteiger partial charge is 0.426 e. The molecule has 5 heteroatoms. The lowest BCUT2D eigenvalue weighted by Gasteiger charge is -2.29. The van der Waals surface area contributed by atoms with E-state index in [1.165, 1.54) is 0 Å². The first-order valence-electron chi connectivity index (χ1n) is 9.38. The first-order valence-corrected chi connectivity index (χ1v) is 9.75. The summed E-state index contributed by atoms with van der Waals surface area (Å²) in [4.78, 5) is 14.9. The second-order valence-electron chi connectivity index (χ2n) is 7.95. The Kier molecular flexibility index (Phi) is 6.20. The Labute approximate surface area is 166 Å². The van der Waals surface area contributed by atoms with Crippen molar-refractivity contribution in [3.8, 4) is 16.9 Å². The van der Waals surface area contributed by atoms with E-state index in [0.717, 1.165) is 49.4 Å². The Balaban J connectivity index is 1.99. The molecule has 0 amide bonds. The maximum atomic E-state index is 12.5. The zero-order valence-electron chi connectivity index (χ0n) is 16.2. The van der Waals surface area contributed by atoms with Crippen LogP contribution in [0.15, 0.2) is 42.5 Å². The van der Waals surface area contributed by atoms with E-state index < -0.39 is 5.41 Å². The molecule has 4 nitrogen and oxygen atoms in total. The number of rotatable bonds is 4. The average molecular weight is 387 g/mol. The molecule has 0 saturated carbocycles. The average Bonchev–Trinajstić information content (AvgIpc) is 2.64. The van der Waals surface area contributed by atoms with E-state index in [-0.39, 0.29) is 5.97 Å². The summed E-state index contributed by atoms with van der Waals surface area (Å²) in [5.41, 5.74) is 2.63. The topological polar surface area (TPSA) is 41.6 Å². The molecule has 1 aliphatic heterocycles. The Morgan fingerprint density at radius 2 is 1.78 bits per heavy atom. The minimum atomic E-state index is -0.553. The molecule has 3 rings (SSSR count). The molecule has 0 aliphatic carbocycles. The summed E-state index contributed by atoms with van der Waals surface area (Å²) in [6.07, 6.45) is 0. The van der Waals surface area contributed by atoms with Crippen molar-refractivity contribution in [3.63, 3.8) is 0 Å². The van der Waals surface area contributed by atoms with Gasteiger partial charge in [0.1, 0.15) is 5.75 Å². The fourth-order valence-electron chi connectivity index (χ4n) is 3.07. The molecule has 2 aromatic carbocycles. The Morgan fingerprint density at radius 1 is 1.11 bits per heavy atom. The molecule has 1 heterocycles. The van der Waals surface area contributed by atoms with Gasteiger partial charge in [-0.15, -0.1) is 0 Å². The molecule has 0 unspecified atom stereocenters. The van der Waals surface area contributed by atoms with Gasteiger partial charge in [-0.1, -0.05) is 35.9 Å². The number of nitrogens with zero attached hydrogens (tertiary/aromatic N) is 1. The van der Waals surface area contributed by atoms with Crippen LogP contribution in [0.1, 0.15) is 26.3 Å². The van der Waals surface area contributed by atoms with Crippen molar-refractivity contribution in [3.05, 3.63) is 53.1 Å². The number of piperazine rings is 1. The van der Waals surface area contributed by atoms with E-state index in [1.807, 2.05) is 57.2 Å². The molecule has 1 fully saturated rings. The predicted molar refractivity (Wildman–Crippen MR) is 110 cm³/mol. The monoisotopic (exact) mass is 386 g/mol. The number of carbonyl (C=O) groups excluding carboxylic acids is 1. The molecule has 1 saturated heterocycles. The Morgan fingerprint density at radius 3 is 2.41 bits per heavy atom. The fraction of sp³-hybridized carbons (Fsp3) is 0.409. The molecule has 144 valence electrons. The Bertz CT molecular complexity index is 791. The number of esters is 1. The molecule has 1 N–H and O–H groups in total. The summed E-state index contributed by atoms with van der Waals surface area (Å²) >= 11 is 6.06. The lowest BCUT2D eigenvalue weighted by atomic mass is 9.96. The van der Waals surface area contributed by atoms with Crippen molar-refractivity contribution >= 4 is 17.6 Å². The highest BCUT2D eigenvalue weighted by atomic mass is 35.5. The summed E-state index contributed by atoms with van der Waals surface area (Å²) in [7, 11) is 0. The van der Waals surface area contributed by atoms with Gasteiger partial charge < -0.3 is 10.1 Å². The second kappa shape index (κ2) is 8.42. The molecule has 0 radical (unpaired) electrons. The maximum absolute atomic E-state index is 12.5. The van der Waals surface area contributed by atoms with Crippen molar-refractivity contribution < 1.29 is 9.53 Å². The lowest BCUT2D eigenvalue weighted by Crippen LogP contribution is -2.43. The molecule has 0 spiro atoms. The molecule has 0 bridgehead atoms. The molecule has 2 aromatic rings. The minimum Gasteiger partial charge on any atom is -0.426 e. The third-order valence-corrected chi connectivity index (χ3v) is 4.95. The third-order valence-electron chi connectivity index (χ3n) is 4.69. The van der Waals surface area contributed by atoms with E-state index in [9.17, 15) is 4.79 Å². The van der Waals surface area contributed by atoms with Gasteiger partial charge in [0.25, 0.3) is 0 Å². The molecular formula is C22H27ClN2O2. The third kappa shape index (κ3) is 5.10. The first-order chi connectivity index (χ1) is 12.8. The SMILES string of the molecule is CC(C)(C)C(=O)Oc1cccc(-c2ccc(Cl)cc2)c1CN1CCNCC1. The van der Waals surface area contributed by atoms with Crippen LogP contribution in [-0.4, -0.2) is 37.0 Å². The van der Waals surface area contributed by atoms with E-state index in [0.29, 0.717) is 10.8 Å². The Hall–Kier alpha value is -1.88. The van der Waals surface area contributed by atoms with Crippen LogP contribution in [0, 0.1) is 5.41 Å². The highest BCUT2D eigenvalue weighted by Gasteiger charge is 2.26. The van der Waals surface area contributed by atoms with Crippen molar-refractivity contribution in [2.45, 2.75) is 27.3 Å². The number of carbonyl (C=O) groups is 1. The smallest absolute Gasteiger partial charge is 0.316 e. The lowest BCUT2D eigenvalue weighted by molar-refractivity contribution is -0.143. The number of nitrogens with one attached hydrogen (secondary N) is 1. The van der Waals surface area contributed by atoms with Gasteiger partial charge in [0.2, 0.25) is 0 Å². The highest BCUT2D eigenvalue weighted by Crippen LogP contribution is 2.34. The normalized spacial score (nSPS) is 15.6. The van der Waals surface area contributed by atoms with Gasteiger partial charge in [-0.2, -0.15) is 0 Å². The molecule has 0 aromatic heterocycles.